The van der Waals surface area contributed by atoms with Gasteiger partial charge < -0.3 is 29.4 Å². The van der Waals surface area contributed by atoms with Gasteiger partial charge in [-0.15, -0.1) is 0 Å². The van der Waals surface area contributed by atoms with Gasteiger partial charge in [0, 0.05) is 23.9 Å². The Hall–Kier alpha value is -3.86. The van der Waals surface area contributed by atoms with Crippen molar-refractivity contribution in [2.75, 3.05) is 31.0 Å². The second kappa shape index (κ2) is 11.7. The SMILES string of the molecule is COCC(=O)Nc1cc(N2C(=S)N[C@@H](c3ccccn3)[C@@H]2c2ccc(Sc3ccccc3)o2)ccc1OC. The lowest BCUT2D eigenvalue weighted by Gasteiger charge is -2.27. The third-order valence-corrected chi connectivity index (χ3v) is 7.21. The molecule has 0 unspecified atom stereocenters. The summed E-state index contributed by atoms with van der Waals surface area (Å²) in [6.45, 7) is -0.0737. The molecule has 2 N–H and O–H groups in total. The van der Waals surface area contributed by atoms with Crippen LogP contribution in [-0.2, 0) is 9.53 Å². The van der Waals surface area contributed by atoms with Crippen LogP contribution in [0.3, 0.4) is 0 Å². The Kier molecular flexibility index (Phi) is 7.92. The van der Waals surface area contributed by atoms with Crippen molar-refractivity contribution in [1.82, 2.24) is 10.3 Å². The molecule has 2 atom stereocenters. The number of nitrogens with zero attached hydrogens (tertiary/aromatic N) is 2. The fraction of sp³-hybridized carbons (Fsp3) is 0.179. The molecule has 2 aromatic heterocycles. The van der Waals surface area contributed by atoms with Crippen molar-refractivity contribution in [3.8, 4) is 5.75 Å². The molecule has 5 rings (SSSR count). The molecule has 0 bridgehead atoms. The molecule has 1 amide bonds. The van der Waals surface area contributed by atoms with E-state index in [1.54, 1.807) is 31.1 Å². The second-order valence-electron chi connectivity index (χ2n) is 8.43. The molecule has 0 radical (unpaired) electrons. The molecule has 38 heavy (non-hydrogen) atoms. The molecule has 1 aliphatic heterocycles. The summed E-state index contributed by atoms with van der Waals surface area (Å²) in [5, 5.41) is 7.56. The summed E-state index contributed by atoms with van der Waals surface area (Å²) < 4.78 is 16.8. The number of aromatic nitrogens is 1. The monoisotopic (exact) mass is 546 g/mol. The number of thiocarbonyl (C=S) groups is 1. The molecular weight excluding hydrogens is 520 g/mol. The van der Waals surface area contributed by atoms with E-state index in [1.165, 1.54) is 7.11 Å². The van der Waals surface area contributed by atoms with Crippen LogP contribution in [0, 0.1) is 0 Å². The number of methoxy groups -OCH3 is 2. The van der Waals surface area contributed by atoms with Crippen molar-refractivity contribution in [2.24, 2.45) is 0 Å². The van der Waals surface area contributed by atoms with Gasteiger partial charge in [-0.25, -0.2) is 0 Å². The molecule has 1 aliphatic rings. The van der Waals surface area contributed by atoms with Crippen molar-refractivity contribution in [2.45, 2.75) is 22.1 Å². The number of ether oxygens (including phenoxy) is 2. The van der Waals surface area contributed by atoms with Crippen LogP contribution in [-0.4, -0.2) is 36.8 Å². The van der Waals surface area contributed by atoms with Gasteiger partial charge in [-0.05, 0) is 66.8 Å². The van der Waals surface area contributed by atoms with Crippen molar-refractivity contribution >= 4 is 46.4 Å². The largest absolute Gasteiger partial charge is 0.495 e. The van der Waals surface area contributed by atoms with E-state index < -0.39 is 0 Å². The third kappa shape index (κ3) is 5.52. The Balaban J connectivity index is 1.53. The average Bonchev–Trinajstić information content (AvgIpc) is 3.53. The van der Waals surface area contributed by atoms with Gasteiger partial charge in [0.1, 0.15) is 24.2 Å². The molecule has 1 saturated heterocycles. The summed E-state index contributed by atoms with van der Waals surface area (Å²) in [5.41, 5.74) is 2.10. The maximum absolute atomic E-state index is 12.3. The van der Waals surface area contributed by atoms with Crippen molar-refractivity contribution < 1.29 is 18.7 Å². The number of benzene rings is 2. The van der Waals surface area contributed by atoms with E-state index in [9.17, 15) is 4.79 Å². The van der Waals surface area contributed by atoms with Crippen molar-refractivity contribution in [1.29, 1.82) is 0 Å². The molecular formula is C28H26N4O4S2. The maximum atomic E-state index is 12.3. The van der Waals surface area contributed by atoms with E-state index in [-0.39, 0.29) is 24.6 Å². The quantitative estimate of drug-likeness (QED) is 0.261. The topological polar surface area (TPSA) is 88.9 Å². The van der Waals surface area contributed by atoms with Gasteiger partial charge in [-0.3, -0.25) is 9.78 Å². The number of carbonyl (C=O) groups excluding carboxylic acids is 1. The highest BCUT2D eigenvalue weighted by atomic mass is 32.2. The Morgan fingerprint density at radius 1 is 1.11 bits per heavy atom. The number of nitrogens with one attached hydrogen (secondary N) is 2. The molecule has 0 spiro atoms. The minimum absolute atomic E-state index is 0.0737. The normalized spacial score (nSPS) is 16.8. The number of rotatable bonds is 9. The van der Waals surface area contributed by atoms with Crippen molar-refractivity contribution in [3.63, 3.8) is 0 Å². The Labute approximate surface area is 230 Å². The first-order valence-corrected chi connectivity index (χ1v) is 13.1. The van der Waals surface area contributed by atoms with Crippen LogP contribution in [0.5, 0.6) is 5.75 Å². The highest BCUT2D eigenvalue weighted by Gasteiger charge is 2.42. The zero-order chi connectivity index (χ0) is 26.5. The zero-order valence-electron chi connectivity index (χ0n) is 20.8. The van der Waals surface area contributed by atoms with Crippen LogP contribution in [0.4, 0.5) is 11.4 Å². The molecule has 0 aliphatic carbocycles. The van der Waals surface area contributed by atoms with E-state index in [4.69, 9.17) is 26.1 Å². The molecule has 0 saturated carbocycles. The Bertz CT molecular complexity index is 1410. The molecule has 4 aromatic rings. The van der Waals surface area contributed by atoms with E-state index in [1.807, 2.05) is 77.7 Å². The van der Waals surface area contributed by atoms with E-state index in [0.717, 1.165) is 27.1 Å². The van der Waals surface area contributed by atoms with E-state index in [0.29, 0.717) is 16.5 Å². The van der Waals surface area contributed by atoms with Gasteiger partial charge in [0.2, 0.25) is 5.91 Å². The summed E-state index contributed by atoms with van der Waals surface area (Å²) in [5.74, 6) is 0.961. The lowest BCUT2D eigenvalue weighted by Crippen LogP contribution is -2.29. The number of amides is 1. The maximum Gasteiger partial charge on any atom is 0.250 e. The first kappa shape index (κ1) is 25.8. The predicted octanol–water partition coefficient (Wildman–Crippen LogP) is 5.60. The molecule has 8 nitrogen and oxygen atoms in total. The van der Waals surface area contributed by atoms with E-state index >= 15 is 0 Å². The number of anilines is 2. The van der Waals surface area contributed by atoms with Crippen LogP contribution in [0.1, 0.15) is 23.5 Å². The molecule has 10 heteroatoms. The van der Waals surface area contributed by atoms with Crippen LogP contribution < -0.4 is 20.3 Å². The van der Waals surface area contributed by atoms with Gasteiger partial charge in [0.15, 0.2) is 10.2 Å². The van der Waals surface area contributed by atoms with Crippen LogP contribution in [0.2, 0.25) is 0 Å². The number of hydrogen-bond donors (Lipinski definition) is 2. The fourth-order valence-electron chi connectivity index (χ4n) is 4.34. The Morgan fingerprint density at radius 2 is 1.92 bits per heavy atom. The van der Waals surface area contributed by atoms with Crippen molar-refractivity contribution in [3.05, 3.63) is 96.5 Å². The van der Waals surface area contributed by atoms with Crippen LogP contribution in [0.15, 0.2) is 99.5 Å². The second-order valence-corrected chi connectivity index (χ2v) is 9.90. The van der Waals surface area contributed by atoms with Gasteiger partial charge in [-0.2, -0.15) is 0 Å². The third-order valence-electron chi connectivity index (χ3n) is 5.96. The number of hydrogen-bond acceptors (Lipinski definition) is 7. The minimum atomic E-state index is -0.335. The van der Waals surface area contributed by atoms with Gasteiger partial charge >= 0.3 is 0 Å². The van der Waals surface area contributed by atoms with Gasteiger partial charge in [0.25, 0.3) is 0 Å². The fourth-order valence-corrected chi connectivity index (χ4v) is 5.48. The summed E-state index contributed by atoms with van der Waals surface area (Å²) in [7, 11) is 3.02. The van der Waals surface area contributed by atoms with Gasteiger partial charge in [0.05, 0.1) is 24.5 Å². The van der Waals surface area contributed by atoms with Crippen LogP contribution in [0.25, 0.3) is 0 Å². The Morgan fingerprint density at radius 3 is 2.66 bits per heavy atom. The standard InChI is InChI=1S/C28H26N4O4S2/c1-34-17-24(33)30-21-16-18(11-12-22(21)35-2)32-27(26(31-28(32)37)20-10-6-7-15-29-20)23-13-14-25(36-23)38-19-8-4-3-5-9-19/h3-16,26-27H,17H2,1-2H3,(H,30,33)(H,31,37)/t26-,27-/m0/s1. The summed E-state index contributed by atoms with van der Waals surface area (Å²) in [6, 6.07) is 24.7. The highest BCUT2D eigenvalue weighted by Crippen LogP contribution is 2.44. The van der Waals surface area contributed by atoms with Gasteiger partial charge in [-0.1, -0.05) is 36.0 Å². The predicted molar refractivity (Wildman–Crippen MR) is 151 cm³/mol. The number of carbonyl (C=O) groups is 1. The number of furan rings is 1. The molecule has 2 aromatic carbocycles. The van der Waals surface area contributed by atoms with E-state index in [2.05, 4.69) is 15.6 Å². The molecule has 1 fully saturated rings. The lowest BCUT2D eigenvalue weighted by molar-refractivity contribution is -0.119. The lowest BCUT2D eigenvalue weighted by atomic mass is 10.0. The summed E-state index contributed by atoms with van der Waals surface area (Å²) in [6.07, 6.45) is 1.76. The highest BCUT2D eigenvalue weighted by molar-refractivity contribution is 7.99. The first-order chi connectivity index (χ1) is 18.6. The smallest absolute Gasteiger partial charge is 0.250 e. The zero-order valence-corrected chi connectivity index (χ0v) is 22.4. The molecule has 194 valence electrons. The van der Waals surface area contributed by atoms with Crippen LogP contribution >= 0.6 is 24.0 Å². The summed E-state index contributed by atoms with van der Waals surface area (Å²) in [4.78, 5) is 19.9. The minimum Gasteiger partial charge on any atom is -0.495 e. The molecule has 3 heterocycles. The first-order valence-electron chi connectivity index (χ1n) is 11.9. The number of pyridine rings is 1. The summed E-state index contributed by atoms with van der Waals surface area (Å²) >= 11 is 7.37. The average molecular weight is 547 g/mol.